The Hall–Kier alpha value is -2.73. The molecular formula is C22H26N6. The summed E-state index contributed by atoms with van der Waals surface area (Å²) in [5, 5.41) is 11.4. The van der Waals surface area contributed by atoms with Crippen molar-refractivity contribution in [3.8, 4) is 0 Å². The third-order valence-corrected chi connectivity index (χ3v) is 5.82. The molecule has 1 aliphatic heterocycles. The van der Waals surface area contributed by atoms with Gasteiger partial charge in [-0.05, 0) is 49.1 Å². The number of aromatic nitrogens is 4. The van der Waals surface area contributed by atoms with E-state index in [-0.39, 0.29) is 6.04 Å². The largest absolute Gasteiger partial charge is 0.351 e. The average Bonchev–Trinajstić information content (AvgIpc) is 3.13. The molecule has 3 aromatic heterocycles. The van der Waals surface area contributed by atoms with Gasteiger partial charge in [0.15, 0.2) is 0 Å². The summed E-state index contributed by atoms with van der Waals surface area (Å²) in [7, 11) is 0. The molecular weight excluding hydrogens is 348 g/mol. The molecule has 1 aliphatic carbocycles. The SMILES string of the molecule is C[C@@H]1C=C(c2ccn3nccc3c2)c2cnc(NC3CCCCC3)nc2CN1. The third kappa shape index (κ3) is 3.40. The van der Waals surface area contributed by atoms with Gasteiger partial charge in [0.05, 0.1) is 11.2 Å². The number of hydrogen-bond donors (Lipinski definition) is 2. The van der Waals surface area contributed by atoms with Crippen LogP contribution in [0.3, 0.4) is 0 Å². The molecule has 2 N–H and O–H groups in total. The maximum absolute atomic E-state index is 4.89. The van der Waals surface area contributed by atoms with Crippen LogP contribution in [0.25, 0.3) is 11.1 Å². The number of anilines is 1. The number of hydrogen-bond acceptors (Lipinski definition) is 5. The summed E-state index contributed by atoms with van der Waals surface area (Å²) in [4.78, 5) is 9.56. The molecule has 2 aliphatic rings. The van der Waals surface area contributed by atoms with E-state index < -0.39 is 0 Å². The molecule has 0 saturated heterocycles. The third-order valence-electron chi connectivity index (χ3n) is 5.82. The topological polar surface area (TPSA) is 67.1 Å². The molecule has 1 fully saturated rings. The molecule has 1 saturated carbocycles. The van der Waals surface area contributed by atoms with Crippen LogP contribution in [0.5, 0.6) is 0 Å². The van der Waals surface area contributed by atoms with Crippen LogP contribution in [-0.2, 0) is 6.54 Å². The molecule has 4 heterocycles. The van der Waals surface area contributed by atoms with Gasteiger partial charge in [0.1, 0.15) is 0 Å². The van der Waals surface area contributed by atoms with E-state index in [2.05, 4.69) is 45.8 Å². The average molecular weight is 374 g/mol. The Morgan fingerprint density at radius 1 is 1.18 bits per heavy atom. The molecule has 0 radical (unpaired) electrons. The first-order valence-electron chi connectivity index (χ1n) is 10.3. The number of pyridine rings is 1. The number of rotatable bonds is 3. The predicted molar refractivity (Wildman–Crippen MR) is 111 cm³/mol. The lowest BCUT2D eigenvalue weighted by atomic mass is 9.95. The smallest absolute Gasteiger partial charge is 0.223 e. The Kier molecular flexibility index (Phi) is 4.56. The van der Waals surface area contributed by atoms with Gasteiger partial charge in [-0.1, -0.05) is 25.3 Å². The van der Waals surface area contributed by atoms with Crippen molar-refractivity contribution in [1.29, 1.82) is 0 Å². The van der Waals surface area contributed by atoms with Crippen LogP contribution >= 0.6 is 0 Å². The molecule has 0 amide bonds. The summed E-state index contributed by atoms with van der Waals surface area (Å²) in [6.07, 6.45) is 14.5. The Labute approximate surface area is 165 Å². The van der Waals surface area contributed by atoms with Crippen molar-refractivity contribution < 1.29 is 0 Å². The highest BCUT2D eigenvalue weighted by molar-refractivity contribution is 5.83. The normalized spacial score (nSPS) is 20.5. The zero-order valence-electron chi connectivity index (χ0n) is 16.2. The van der Waals surface area contributed by atoms with E-state index in [4.69, 9.17) is 4.98 Å². The highest BCUT2D eigenvalue weighted by Crippen LogP contribution is 2.29. The minimum Gasteiger partial charge on any atom is -0.351 e. The van der Waals surface area contributed by atoms with Crippen LogP contribution in [0.2, 0.25) is 0 Å². The minimum absolute atomic E-state index is 0.264. The van der Waals surface area contributed by atoms with Gasteiger partial charge in [0, 0.05) is 42.8 Å². The van der Waals surface area contributed by atoms with E-state index >= 15 is 0 Å². The zero-order valence-corrected chi connectivity index (χ0v) is 16.2. The molecule has 144 valence electrons. The Morgan fingerprint density at radius 3 is 2.96 bits per heavy atom. The molecule has 6 nitrogen and oxygen atoms in total. The second-order valence-electron chi connectivity index (χ2n) is 7.90. The summed E-state index contributed by atoms with van der Waals surface area (Å²) < 4.78 is 1.89. The van der Waals surface area contributed by atoms with E-state index in [1.807, 2.05) is 29.2 Å². The Bertz CT molecular complexity index is 1010. The Balaban J connectivity index is 1.50. The fourth-order valence-electron chi connectivity index (χ4n) is 4.27. The van der Waals surface area contributed by atoms with Crippen LogP contribution in [-0.4, -0.2) is 31.7 Å². The summed E-state index contributed by atoms with van der Waals surface area (Å²) in [5.41, 5.74) is 5.59. The van der Waals surface area contributed by atoms with Crippen LogP contribution in [0.15, 0.2) is 42.9 Å². The fraction of sp³-hybridized carbons (Fsp3) is 0.409. The highest BCUT2D eigenvalue weighted by atomic mass is 15.2. The Morgan fingerprint density at radius 2 is 2.07 bits per heavy atom. The van der Waals surface area contributed by atoms with Gasteiger partial charge in [-0.2, -0.15) is 5.10 Å². The van der Waals surface area contributed by atoms with Gasteiger partial charge in [0.2, 0.25) is 5.95 Å². The van der Waals surface area contributed by atoms with Gasteiger partial charge in [-0.15, -0.1) is 0 Å². The molecule has 0 spiro atoms. The lowest BCUT2D eigenvalue weighted by molar-refractivity contribution is 0.460. The maximum atomic E-state index is 4.89. The summed E-state index contributed by atoms with van der Waals surface area (Å²) in [6.45, 7) is 2.92. The minimum atomic E-state index is 0.264. The molecule has 0 unspecified atom stereocenters. The van der Waals surface area contributed by atoms with Gasteiger partial charge in [-0.3, -0.25) is 0 Å². The van der Waals surface area contributed by atoms with Crippen LogP contribution in [0.4, 0.5) is 5.95 Å². The van der Waals surface area contributed by atoms with Crippen molar-refractivity contribution in [2.75, 3.05) is 5.32 Å². The number of nitrogens with zero attached hydrogens (tertiary/aromatic N) is 4. The molecule has 5 rings (SSSR count). The highest BCUT2D eigenvalue weighted by Gasteiger charge is 2.20. The standard InChI is InChI=1S/C22H26N6/c1-15-11-19(16-8-10-28-18(12-16)7-9-25-28)20-13-24-22(27-21(20)14-23-15)26-17-5-3-2-4-6-17/h7-13,15,17,23H,2-6,14H2,1H3,(H,24,26,27)/t15-/m1/s1. The van der Waals surface area contributed by atoms with E-state index in [0.717, 1.165) is 29.3 Å². The number of nitrogens with one attached hydrogen (secondary N) is 2. The predicted octanol–water partition coefficient (Wildman–Crippen LogP) is 3.79. The van der Waals surface area contributed by atoms with Crippen molar-refractivity contribution in [1.82, 2.24) is 24.9 Å². The maximum Gasteiger partial charge on any atom is 0.223 e. The van der Waals surface area contributed by atoms with E-state index in [1.165, 1.54) is 43.2 Å². The lowest BCUT2D eigenvalue weighted by Crippen LogP contribution is -2.25. The number of fused-ring (bicyclic) bond motifs is 2. The zero-order chi connectivity index (χ0) is 18.9. The van der Waals surface area contributed by atoms with Crippen molar-refractivity contribution in [2.45, 2.75) is 57.7 Å². The van der Waals surface area contributed by atoms with Crippen LogP contribution < -0.4 is 10.6 Å². The second kappa shape index (κ2) is 7.36. The van der Waals surface area contributed by atoms with Gasteiger partial charge < -0.3 is 10.6 Å². The second-order valence-corrected chi connectivity index (χ2v) is 7.90. The van der Waals surface area contributed by atoms with E-state index in [1.54, 1.807) is 0 Å². The monoisotopic (exact) mass is 374 g/mol. The van der Waals surface area contributed by atoms with Gasteiger partial charge >= 0.3 is 0 Å². The first kappa shape index (κ1) is 17.4. The molecule has 6 heteroatoms. The molecule has 1 atom stereocenters. The lowest BCUT2D eigenvalue weighted by Gasteiger charge is -2.23. The molecule has 28 heavy (non-hydrogen) atoms. The summed E-state index contributed by atoms with van der Waals surface area (Å²) in [5.74, 6) is 0.757. The van der Waals surface area contributed by atoms with Crippen molar-refractivity contribution >= 4 is 17.0 Å². The first-order valence-corrected chi connectivity index (χ1v) is 10.3. The van der Waals surface area contributed by atoms with Crippen molar-refractivity contribution in [3.05, 3.63) is 59.7 Å². The van der Waals surface area contributed by atoms with Gasteiger partial charge in [-0.25, -0.2) is 14.5 Å². The van der Waals surface area contributed by atoms with Crippen LogP contribution in [0.1, 0.15) is 55.8 Å². The first-order chi connectivity index (χ1) is 13.8. The summed E-state index contributed by atoms with van der Waals surface area (Å²) in [6, 6.07) is 7.08. The van der Waals surface area contributed by atoms with Crippen molar-refractivity contribution in [2.24, 2.45) is 0 Å². The molecule has 0 aromatic carbocycles. The van der Waals surface area contributed by atoms with Crippen molar-refractivity contribution in [3.63, 3.8) is 0 Å². The van der Waals surface area contributed by atoms with E-state index in [9.17, 15) is 0 Å². The quantitative estimate of drug-likeness (QED) is 0.730. The van der Waals surface area contributed by atoms with Gasteiger partial charge in [0.25, 0.3) is 0 Å². The van der Waals surface area contributed by atoms with E-state index in [0.29, 0.717) is 6.04 Å². The van der Waals surface area contributed by atoms with Crippen LogP contribution in [0, 0.1) is 0 Å². The summed E-state index contributed by atoms with van der Waals surface area (Å²) >= 11 is 0. The fourth-order valence-corrected chi connectivity index (χ4v) is 4.27. The molecule has 0 bridgehead atoms. The molecule has 3 aromatic rings.